The first-order valence-corrected chi connectivity index (χ1v) is 7.92. The van der Waals surface area contributed by atoms with Crippen molar-refractivity contribution < 1.29 is 9.90 Å². The monoisotopic (exact) mass is 270 g/mol. The first kappa shape index (κ1) is 12.8. The van der Waals surface area contributed by atoms with Gasteiger partial charge in [0, 0.05) is 26.2 Å². The predicted molar refractivity (Wildman–Crippen MR) is 72.6 cm³/mol. The third kappa shape index (κ3) is 1.96. The van der Waals surface area contributed by atoms with Crippen LogP contribution in [0, 0.1) is 5.92 Å². The lowest BCUT2D eigenvalue weighted by Crippen LogP contribution is -2.69. The lowest BCUT2D eigenvalue weighted by atomic mass is 9.84. The SMILES string of the molecule is CN1CC(CO)CC12CN(C(=O)C1CCCS1)C2. The molecule has 0 bridgehead atoms. The van der Waals surface area contributed by atoms with Crippen molar-refractivity contribution in [3.8, 4) is 0 Å². The van der Waals surface area contributed by atoms with Gasteiger partial charge in [-0.25, -0.2) is 0 Å². The van der Waals surface area contributed by atoms with E-state index in [4.69, 9.17) is 0 Å². The summed E-state index contributed by atoms with van der Waals surface area (Å²) in [6.07, 6.45) is 3.29. The number of hydrogen-bond donors (Lipinski definition) is 1. The largest absolute Gasteiger partial charge is 0.396 e. The lowest BCUT2D eigenvalue weighted by molar-refractivity contribution is -0.142. The Balaban J connectivity index is 1.57. The second-order valence-electron chi connectivity index (χ2n) is 6.05. The Kier molecular flexibility index (Phi) is 3.32. The molecule has 4 nitrogen and oxygen atoms in total. The second-order valence-corrected chi connectivity index (χ2v) is 7.36. The van der Waals surface area contributed by atoms with Crippen LogP contribution in [0.15, 0.2) is 0 Å². The van der Waals surface area contributed by atoms with Crippen LogP contribution in [-0.4, -0.2) is 70.6 Å². The Morgan fingerprint density at radius 3 is 2.83 bits per heavy atom. The van der Waals surface area contributed by atoms with Crippen LogP contribution in [0.1, 0.15) is 19.3 Å². The van der Waals surface area contributed by atoms with Crippen LogP contribution in [0.4, 0.5) is 0 Å². The topological polar surface area (TPSA) is 43.8 Å². The third-order valence-corrected chi connectivity index (χ3v) is 6.12. The third-order valence-electron chi connectivity index (χ3n) is 4.76. The number of aliphatic hydroxyl groups is 1. The van der Waals surface area contributed by atoms with Gasteiger partial charge in [-0.05, 0) is 38.0 Å². The van der Waals surface area contributed by atoms with Gasteiger partial charge in [0.2, 0.25) is 5.91 Å². The number of rotatable bonds is 2. The van der Waals surface area contributed by atoms with Crippen molar-refractivity contribution in [3.05, 3.63) is 0 Å². The summed E-state index contributed by atoms with van der Waals surface area (Å²) in [5.41, 5.74) is 0.173. The van der Waals surface area contributed by atoms with E-state index in [1.807, 2.05) is 16.7 Å². The number of amides is 1. The maximum Gasteiger partial charge on any atom is 0.235 e. The number of likely N-dealkylation sites (N-methyl/N-ethyl adjacent to an activating group) is 1. The Labute approximate surface area is 113 Å². The Morgan fingerprint density at radius 2 is 2.28 bits per heavy atom. The summed E-state index contributed by atoms with van der Waals surface area (Å²) in [4.78, 5) is 16.6. The minimum Gasteiger partial charge on any atom is -0.396 e. The summed E-state index contributed by atoms with van der Waals surface area (Å²) in [7, 11) is 2.13. The van der Waals surface area contributed by atoms with Crippen LogP contribution in [0.25, 0.3) is 0 Å². The van der Waals surface area contributed by atoms with Gasteiger partial charge < -0.3 is 10.0 Å². The van der Waals surface area contributed by atoms with Crippen LogP contribution < -0.4 is 0 Å². The lowest BCUT2D eigenvalue weighted by Gasteiger charge is -2.52. The van der Waals surface area contributed by atoms with E-state index in [1.54, 1.807) is 0 Å². The van der Waals surface area contributed by atoms with Crippen LogP contribution in [0.2, 0.25) is 0 Å². The summed E-state index contributed by atoms with van der Waals surface area (Å²) >= 11 is 1.82. The zero-order valence-corrected chi connectivity index (χ0v) is 11.8. The quantitative estimate of drug-likeness (QED) is 0.789. The van der Waals surface area contributed by atoms with Crippen molar-refractivity contribution >= 4 is 17.7 Å². The van der Waals surface area contributed by atoms with E-state index >= 15 is 0 Å². The van der Waals surface area contributed by atoms with Crippen molar-refractivity contribution in [2.45, 2.75) is 30.1 Å². The van der Waals surface area contributed by atoms with Gasteiger partial charge >= 0.3 is 0 Å². The molecule has 1 spiro atoms. The number of thioether (sulfide) groups is 1. The molecule has 18 heavy (non-hydrogen) atoms. The van der Waals surface area contributed by atoms with E-state index in [0.717, 1.165) is 38.2 Å². The standard InChI is InChI=1S/C13H22N2O2S/c1-14-6-10(7-16)5-13(14)8-15(9-13)12(17)11-3-2-4-18-11/h10-11,16H,2-9H2,1H3. The van der Waals surface area contributed by atoms with Crippen LogP contribution in [0.5, 0.6) is 0 Å². The highest BCUT2D eigenvalue weighted by Gasteiger charge is 2.53. The Bertz CT molecular complexity index is 338. The minimum atomic E-state index is 0.173. The zero-order chi connectivity index (χ0) is 12.8. The summed E-state index contributed by atoms with van der Waals surface area (Å²) in [5, 5.41) is 9.50. The molecule has 0 aliphatic carbocycles. The number of carbonyl (C=O) groups is 1. The first-order valence-electron chi connectivity index (χ1n) is 6.87. The van der Waals surface area contributed by atoms with Gasteiger partial charge in [0.05, 0.1) is 10.8 Å². The maximum atomic E-state index is 12.3. The van der Waals surface area contributed by atoms with Crippen molar-refractivity contribution in [1.82, 2.24) is 9.80 Å². The van der Waals surface area contributed by atoms with Gasteiger partial charge in [-0.3, -0.25) is 9.69 Å². The zero-order valence-electron chi connectivity index (χ0n) is 11.0. The first-order chi connectivity index (χ1) is 8.64. The van der Waals surface area contributed by atoms with Crippen LogP contribution >= 0.6 is 11.8 Å². The fourth-order valence-electron chi connectivity index (χ4n) is 3.63. The highest BCUT2D eigenvalue weighted by atomic mass is 32.2. The van der Waals surface area contributed by atoms with E-state index in [9.17, 15) is 9.90 Å². The number of carbonyl (C=O) groups excluding carboxylic acids is 1. The minimum absolute atomic E-state index is 0.173. The van der Waals surface area contributed by atoms with Gasteiger partial charge in [0.25, 0.3) is 0 Å². The molecular formula is C13H22N2O2S. The molecule has 3 aliphatic rings. The normalized spacial score (nSPS) is 35.1. The fourth-order valence-corrected chi connectivity index (χ4v) is 4.87. The molecule has 0 radical (unpaired) electrons. The van der Waals surface area contributed by atoms with E-state index in [1.165, 1.54) is 6.42 Å². The molecule has 3 rings (SSSR count). The van der Waals surface area contributed by atoms with Gasteiger partial charge in [0.1, 0.15) is 0 Å². The fraction of sp³-hybridized carbons (Fsp3) is 0.923. The molecule has 2 atom stereocenters. The summed E-state index contributed by atoms with van der Waals surface area (Å²) < 4.78 is 0. The molecule has 0 aromatic heterocycles. The van der Waals surface area contributed by atoms with E-state index in [-0.39, 0.29) is 17.4 Å². The number of hydrogen-bond acceptors (Lipinski definition) is 4. The number of likely N-dealkylation sites (tertiary alicyclic amines) is 2. The number of nitrogens with zero attached hydrogens (tertiary/aromatic N) is 2. The molecule has 3 aliphatic heterocycles. The molecule has 3 saturated heterocycles. The van der Waals surface area contributed by atoms with Crippen molar-refractivity contribution in [3.63, 3.8) is 0 Å². The molecule has 1 amide bonds. The Hall–Kier alpha value is -0.260. The van der Waals surface area contributed by atoms with E-state index in [2.05, 4.69) is 11.9 Å². The average Bonchev–Trinajstić information content (AvgIpc) is 2.93. The molecule has 3 heterocycles. The summed E-state index contributed by atoms with van der Waals surface area (Å²) in [6.45, 7) is 2.99. The van der Waals surface area contributed by atoms with Crippen LogP contribution in [-0.2, 0) is 4.79 Å². The second kappa shape index (κ2) is 4.69. The highest BCUT2D eigenvalue weighted by molar-refractivity contribution is 8.00. The van der Waals surface area contributed by atoms with Gasteiger partial charge in [0.15, 0.2) is 0 Å². The van der Waals surface area contributed by atoms with Crippen molar-refractivity contribution in [2.24, 2.45) is 5.92 Å². The molecule has 0 aromatic rings. The maximum absolute atomic E-state index is 12.3. The predicted octanol–water partition coefficient (Wildman–Crippen LogP) is 0.407. The van der Waals surface area contributed by atoms with Crippen molar-refractivity contribution in [1.29, 1.82) is 0 Å². The smallest absolute Gasteiger partial charge is 0.235 e. The molecular weight excluding hydrogens is 248 g/mol. The van der Waals surface area contributed by atoms with E-state index in [0.29, 0.717) is 11.8 Å². The number of aliphatic hydroxyl groups excluding tert-OH is 1. The summed E-state index contributed by atoms with van der Waals surface area (Å²) in [6, 6.07) is 0. The molecule has 5 heteroatoms. The van der Waals surface area contributed by atoms with E-state index < -0.39 is 0 Å². The molecule has 0 saturated carbocycles. The average molecular weight is 270 g/mol. The molecule has 1 N–H and O–H groups in total. The van der Waals surface area contributed by atoms with Crippen LogP contribution in [0.3, 0.4) is 0 Å². The van der Waals surface area contributed by atoms with Gasteiger partial charge in [-0.15, -0.1) is 11.8 Å². The highest BCUT2D eigenvalue weighted by Crippen LogP contribution is 2.40. The molecule has 2 unspecified atom stereocenters. The summed E-state index contributed by atoms with van der Waals surface area (Å²) in [5.74, 6) is 1.89. The Morgan fingerprint density at radius 1 is 1.50 bits per heavy atom. The van der Waals surface area contributed by atoms with Gasteiger partial charge in [-0.2, -0.15) is 0 Å². The molecule has 0 aromatic carbocycles. The van der Waals surface area contributed by atoms with Crippen molar-refractivity contribution in [2.75, 3.05) is 39.0 Å². The van der Waals surface area contributed by atoms with Gasteiger partial charge in [-0.1, -0.05) is 0 Å². The molecule has 3 fully saturated rings. The molecule has 102 valence electrons.